The Labute approximate surface area is 129 Å². The average molecular weight is 287 g/mol. The van der Waals surface area contributed by atoms with E-state index in [0.29, 0.717) is 6.04 Å². The molecule has 2 aliphatic rings. The van der Waals surface area contributed by atoms with Crippen LogP contribution in [0.25, 0.3) is 0 Å². The lowest BCUT2D eigenvalue weighted by Gasteiger charge is -2.46. The second kappa shape index (κ2) is 6.93. The van der Waals surface area contributed by atoms with Crippen molar-refractivity contribution in [1.29, 1.82) is 0 Å². The first-order valence-corrected chi connectivity index (χ1v) is 8.72. The molecule has 0 spiro atoms. The predicted molar refractivity (Wildman–Crippen MR) is 87.6 cm³/mol. The Morgan fingerprint density at radius 2 is 1.90 bits per heavy atom. The van der Waals surface area contributed by atoms with Crippen LogP contribution in [0.1, 0.15) is 51.0 Å². The first kappa shape index (κ1) is 15.1. The van der Waals surface area contributed by atoms with Gasteiger partial charge in [-0.05, 0) is 37.3 Å². The van der Waals surface area contributed by atoms with Gasteiger partial charge in [0.1, 0.15) is 0 Å². The lowest BCUT2D eigenvalue weighted by molar-refractivity contribution is 0.0278. The Balaban J connectivity index is 1.87. The van der Waals surface area contributed by atoms with Gasteiger partial charge in [0.25, 0.3) is 0 Å². The van der Waals surface area contributed by atoms with E-state index >= 15 is 0 Å². The Kier molecular flexibility index (Phi) is 4.97. The molecule has 116 valence electrons. The van der Waals surface area contributed by atoms with Gasteiger partial charge in [-0.25, -0.2) is 0 Å². The van der Waals surface area contributed by atoms with Crippen LogP contribution in [-0.2, 0) is 10.2 Å². The molecule has 21 heavy (non-hydrogen) atoms. The van der Waals surface area contributed by atoms with Crippen LogP contribution in [0.3, 0.4) is 0 Å². The zero-order valence-electron chi connectivity index (χ0n) is 13.3. The van der Waals surface area contributed by atoms with Gasteiger partial charge in [0.15, 0.2) is 0 Å². The monoisotopic (exact) mass is 287 g/mol. The van der Waals surface area contributed by atoms with Crippen molar-refractivity contribution in [2.75, 3.05) is 19.8 Å². The summed E-state index contributed by atoms with van der Waals surface area (Å²) < 4.78 is 5.69. The molecule has 1 heterocycles. The third-order valence-corrected chi connectivity index (χ3v) is 5.65. The molecular weight excluding hydrogens is 258 g/mol. The van der Waals surface area contributed by atoms with E-state index in [1.165, 1.54) is 31.2 Å². The molecule has 0 radical (unpaired) electrons. The summed E-state index contributed by atoms with van der Waals surface area (Å²) in [7, 11) is 0. The molecule has 1 saturated carbocycles. The molecule has 1 unspecified atom stereocenters. The Morgan fingerprint density at radius 1 is 1.19 bits per heavy atom. The molecule has 1 N–H and O–H groups in total. The summed E-state index contributed by atoms with van der Waals surface area (Å²) >= 11 is 0. The summed E-state index contributed by atoms with van der Waals surface area (Å²) in [6.07, 6.45) is 7.95. The number of nitrogens with one attached hydrogen (secondary N) is 1. The van der Waals surface area contributed by atoms with Crippen molar-refractivity contribution in [3.05, 3.63) is 35.9 Å². The minimum atomic E-state index is 0.269. The highest BCUT2D eigenvalue weighted by Crippen LogP contribution is 2.42. The van der Waals surface area contributed by atoms with Gasteiger partial charge in [-0.1, -0.05) is 56.5 Å². The van der Waals surface area contributed by atoms with Gasteiger partial charge < -0.3 is 10.1 Å². The van der Waals surface area contributed by atoms with Gasteiger partial charge in [-0.15, -0.1) is 0 Å². The minimum absolute atomic E-state index is 0.269. The maximum Gasteiger partial charge on any atom is 0.0475 e. The third-order valence-electron chi connectivity index (χ3n) is 5.65. The minimum Gasteiger partial charge on any atom is -0.381 e. The Bertz CT molecular complexity index is 420. The number of rotatable bonds is 6. The molecule has 3 rings (SSSR count). The normalized spacial score (nSPS) is 23.5. The molecule has 1 atom stereocenters. The van der Waals surface area contributed by atoms with Crippen LogP contribution in [0.4, 0.5) is 0 Å². The number of hydrogen-bond acceptors (Lipinski definition) is 2. The van der Waals surface area contributed by atoms with Crippen molar-refractivity contribution in [2.24, 2.45) is 5.92 Å². The summed E-state index contributed by atoms with van der Waals surface area (Å²) in [4.78, 5) is 0. The van der Waals surface area contributed by atoms with E-state index in [-0.39, 0.29) is 5.41 Å². The fourth-order valence-corrected chi connectivity index (χ4v) is 4.16. The van der Waals surface area contributed by atoms with Crippen LogP contribution in [0, 0.1) is 5.92 Å². The molecule has 1 saturated heterocycles. The first-order valence-electron chi connectivity index (χ1n) is 8.72. The maximum atomic E-state index is 5.69. The largest absolute Gasteiger partial charge is 0.381 e. The molecule has 1 aromatic carbocycles. The first-order chi connectivity index (χ1) is 10.3. The summed E-state index contributed by atoms with van der Waals surface area (Å²) in [5, 5.41) is 3.84. The van der Waals surface area contributed by atoms with Crippen molar-refractivity contribution in [1.82, 2.24) is 5.32 Å². The van der Waals surface area contributed by atoms with Crippen LogP contribution in [0.2, 0.25) is 0 Å². The molecule has 1 aliphatic heterocycles. The fourth-order valence-electron chi connectivity index (χ4n) is 4.16. The van der Waals surface area contributed by atoms with E-state index < -0.39 is 0 Å². The summed E-state index contributed by atoms with van der Waals surface area (Å²) in [5.74, 6) is 0.942. The topological polar surface area (TPSA) is 21.3 Å². The molecule has 1 aliphatic carbocycles. The second-order valence-electron chi connectivity index (χ2n) is 6.78. The Hall–Kier alpha value is -0.860. The SMILES string of the molecule is CCNC(CC1CCC1)C1(c2ccccc2)CCOCC1. The van der Waals surface area contributed by atoms with E-state index in [2.05, 4.69) is 42.6 Å². The summed E-state index contributed by atoms with van der Waals surface area (Å²) in [6.45, 7) is 5.11. The van der Waals surface area contributed by atoms with E-state index in [1.807, 2.05) is 0 Å². The predicted octanol–water partition coefficient (Wildman–Crippen LogP) is 3.90. The van der Waals surface area contributed by atoms with E-state index in [4.69, 9.17) is 4.74 Å². The Morgan fingerprint density at radius 3 is 2.48 bits per heavy atom. The third kappa shape index (κ3) is 3.17. The maximum absolute atomic E-state index is 5.69. The molecule has 2 fully saturated rings. The van der Waals surface area contributed by atoms with Crippen LogP contribution in [0.5, 0.6) is 0 Å². The zero-order valence-corrected chi connectivity index (χ0v) is 13.3. The lowest BCUT2D eigenvalue weighted by atomic mass is 9.65. The lowest BCUT2D eigenvalue weighted by Crippen LogP contribution is -2.52. The van der Waals surface area contributed by atoms with Crippen molar-refractivity contribution >= 4 is 0 Å². The van der Waals surface area contributed by atoms with Gasteiger partial charge in [0.2, 0.25) is 0 Å². The van der Waals surface area contributed by atoms with Crippen molar-refractivity contribution in [3.63, 3.8) is 0 Å². The average Bonchev–Trinajstić information content (AvgIpc) is 2.51. The van der Waals surface area contributed by atoms with Gasteiger partial charge in [0, 0.05) is 24.7 Å². The van der Waals surface area contributed by atoms with Gasteiger partial charge in [-0.3, -0.25) is 0 Å². The number of ether oxygens (including phenoxy) is 1. The quantitative estimate of drug-likeness (QED) is 0.856. The molecule has 1 aromatic rings. The van der Waals surface area contributed by atoms with Gasteiger partial charge in [0.05, 0.1) is 0 Å². The van der Waals surface area contributed by atoms with Crippen LogP contribution in [-0.4, -0.2) is 25.8 Å². The molecule has 2 heteroatoms. The van der Waals surface area contributed by atoms with Crippen LogP contribution in [0.15, 0.2) is 30.3 Å². The molecular formula is C19H29NO. The highest BCUT2D eigenvalue weighted by molar-refractivity contribution is 5.28. The second-order valence-corrected chi connectivity index (χ2v) is 6.78. The summed E-state index contributed by atoms with van der Waals surface area (Å²) in [6, 6.07) is 11.8. The summed E-state index contributed by atoms with van der Waals surface area (Å²) in [5.41, 5.74) is 1.78. The van der Waals surface area contributed by atoms with Crippen molar-refractivity contribution in [3.8, 4) is 0 Å². The number of hydrogen-bond donors (Lipinski definition) is 1. The molecule has 2 nitrogen and oxygen atoms in total. The van der Waals surface area contributed by atoms with Gasteiger partial charge in [-0.2, -0.15) is 0 Å². The fraction of sp³-hybridized carbons (Fsp3) is 0.684. The van der Waals surface area contributed by atoms with Crippen molar-refractivity contribution in [2.45, 2.75) is 56.9 Å². The van der Waals surface area contributed by atoms with E-state index in [9.17, 15) is 0 Å². The van der Waals surface area contributed by atoms with Crippen molar-refractivity contribution < 1.29 is 4.74 Å². The number of benzene rings is 1. The van der Waals surface area contributed by atoms with E-state index in [0.717, 1.165) is 38.5 Å². The molecule has 0 aromatic heterocycles. The molecule has 0 bridgehead atoms. The van der Waals surface area contributed by atoms with E-state index in [1.54, 1.807) is 0 Å². The molecule has 0 amide bonds. The highest BCUT2D eigenvalue weighted by Gasteiger charge is 2.42. The smallest absolute Gasteiger partial charge is 0.0475 e. The van der Waals surface area contributed by atoms with Gasteiger partial charge >= 0.3 is 0 Å². The van der Waals surface area contributed by atoms with Crippen LogP contribution >= 0.6 is 0 Å². The standard InChI is InChI=1S/C19H29NO/c1-2-20-18(15-16-7-6-8-16)19(11-13-21-14-12-19)17-9-4-3-5-10-17/h3-5,9-10,16,18,20H,2,6-8,11-15H2,1H3. The highest BCUT2D eigenvalue weighted by atomic mass is 16.5. The number of likely N-dealkylation sites (N-methyl/N-ethyl adjacent to an activating group) is 1. The van der Waals surface area contributed by atoms with Crippen LogP contribution < -0.4 is 5.32 Å². The zero-order chi connectivity index (χ0) is 14.5.